The zero-order chi connectivity index (χ0) is 22.0. The van der Waals surface area contributed by atoms with Crippen LogP contribution in [0.2, 0.25) is 0 Å². The predicted octanol–water partition coefficient (Wildman–Crippen LogP) is 3.52. The molecule has 1 aliphatic rings. The fourth-order valence-corrected chi connectivity index (χ4v) is 3.38. The van der Waals surface area contributed by atoms with Crippen molar-refractivity contribution in [3.63, 3.8) is 0 Å². The summed E-state index contributed by atoms with van der Waals surface area (Å²) in [4.78, 5) is 38.3. The maximum atomic E-state index is 12.8. The molecule has 0 aliphatic carbocycles. The van der Waals surface area contributed by atoms with E-state index >= 15 is 0 Å². The molecule has 0 saturated carbocycles. The van der Waals surface area contributed by atoms with E-state index in [1.807, 2.05) is 44.7 Å². The second kappa shape index (κ2) is 8.36. The summed E-state index contributed by atoms with van der Waals surface area (Å²) in [6.07, 6.45) is 1.39. The number of amides is 2. The standard InChI is InChI=1S/C22H24N4O4/c1-5-24(6-2)19-10-8-16(13-20(19)26(29)30)12-18-21(27)23-25(22(18)28)17-9-7-14(3)15(4)11-17/h7-13H,5-6H2,1-4H3,(H,23,27). The topological polar surface area (TPSA) is 95.8 Å². The average molecular weight is 408 g/mol. The minimum atomic E-state index is -0.547. The van der Waals surface area contributed by atoms with Crippen molar-refractivity contribution < 1.29 is 14.5 Å². The van der Waals surface area contributed by atoms with Crippen molar-refractivity contribution >= 4 is 35.0 Å². The first-order chi connectivity index (χ1) is 14.3. The monoisotopic (exact) mass is 408 g/mol. The van der Waals surface area contributed by atoms with Crippen molar-refractivity contribution in [2.45, 2.75) is 27.7 Å². The van der Waals surface area contributed by atoms with Crippen molar-refractivity contribution in [2.24, 2.45) is 0 Å². The van der Waals surface area contributed by atoms with Gasteiger partial charge in [-0.25, -0.2) is 5.01 Å². The summed E-state index contributed by atoms with van der Waals surface area (Å²) in [7, 11) is 0. The number of nitrogens with zero attached hydrogens (tertiary/aromatic N) is 3. The van der Waals surface area contributed by atoms with Gasteiger partial charge in [0, 0.05) is 19.2 Å². The number of anilines is 2. The number of nitro benzene ring substituents is 1. The van der Waals surface area contributed by atoms with E-state index in [1.165, 1.54) is 17.2 Å². The average Bonchev–Trinajstić information content (AvgIpc) is 3.00. The molecule has 1 heterocycles. The first-order valence-corrected chi connectivity index (χ1v) is 9.74. The lowest BCUT2D eigenvalue weighted by molar-refractivity contribution is -0.384. The molecule has 0 unspecified atom stereocenters. The lowest BCUT2D eigenvalue weighted by Gasteiger charge is -2.20. The first kappa shape index (κ1) is 21.0. The molecule has 2 aromatic carbocycles. The second-order valence-electron chi connectivity index (χ2n) is 7.09. The highest BCUT2D eigenvalue weighted by Gasteiger charge is 2.34. The molecule has 0 aromatic heterocycles. The Labute approximate surface area is 174 Å². The molecule has 3 rings (SSSR count). The summed E-state index contributed by atoms with van der Waals surface area (Å²) in [6, 6.07) is 10.2. The van der Waals surface area contributed by atoms with Crippen LogP contribution in [0, 0.1) is 24.0 Å². The van der Waals surface area contributed by atoms with Crippen LogP contribution >= 0.6 is 0 Å². The first-order valence-electron chi connectivity index (χ1n) is 9.74. The van der Waals surface area contributed by atoms with E-state index in [-0.39, 0.29) is 11.3 Å². The van der Waals surface area contributed by atoms with Crippen LogP contribution in [-0.2, 0) is 9.59 Å². The van der Waals surface area contributed by atoms with Gasteiger partial charge >= 0.3 is 0 Å². The van der Waals surface area contributed by atoms with Gasteiger partial charge in [0.2, 0.25) is 0 Å². The van der Waals surface area contributed by atoms with E-state index < -0.39 is 16.7 Å². The Hall–Kier alpha value is -3.68. The molecular weight excluding hydrogens is 384 g/mol. The molecule has 1 N–H and O–H groups in total. The van der Waals surface area contributed by atoms with Crippen molar-refractivity contribution in [3.05, 3.63) is 68.8 Å². The predicted molar refractivity (Wildman–Crippen MR) is 116 cm³/mol. The smallest absolute Gasteiger partial charge is 0.293 e. The summed E-state index contributed by atoms with van der Waals surface area (Å²) in [5, 5.41) is 12.8. The van der Waals surface area contributed by atoms with Gasteiger partial charge in [-0.05, 0) is 68.7 Å². The molecule has 2 aromatic rings. The van der Waals surface area contributed by atoms with E-state index in [2.05, 4.69) is 5.43 Å². The van der Waals surface area contributed by atoms with Gasteiger partial charge in [-0.15, -0.1) is 0 Å². The fourth-order valence-electron chi connectivity index (χ4n) is 3.38. The third-order valence-corrected chi connectivity index (χ3v) is 5.25. The summed E-state index contributed by atoms with van der Waals surface area (Å²) >= 11 is 0. The molecule has 1 fully saturated rings. The van der Waals surface area contributed by atoms with Gasteiger partial charge in [0.1, 0.15) is 11.3 Å². The molecule has 0 atom stereocenters. The number of hydrazine groups is 1. The lowest BCUT2D eigenvalue weighted by atomic mass is 10.1. The van der Waals surface area contributed by atoms with Gasteiger partial charge in [0.15, 0.2) is 0 Å². The maximum Gasteiger partial charge on any atom is 0.293 e. The molecule has 1 aliphatic heterocycles. The number of carbonyl (C=O) groups excluding carboxylic acids is 2. The number of nitro groups is 1. The lowest BCUT2D eigenvalue weighted by Crippen LogP contribution is -2.35. The molecule has 156 valence electrons. The SMILES string of the molecule is CCN(CC)c1ccc(C=C2C(=O)NN(c3ccc(C)c(C)c3)C2=O)cc1[N+](=O)[O-]. The molecule has 2 amide bonds. The Bertz CT molecular complexity index is 1060. The van der Waals surface area contributed by atoms with Crippen LogP contribution in [0.1, 0.15) is 30.5 Å². The van der Waals surface area contributed by atoms with Crippen LogP contribution in [0.3, 0.4) is 0 Å². The van der Waals surface area contributed by atoms with Gasteiger partial charge in [0.05, 0.1) is 10.6 Å². The molecule has 0 bridgehead atoms. The van der Waals surface area contributed by atoms with Crippen LogP contribution < -0.4 is 15.3 Å². The molecule has 30 heavy (non-hydrogen) atoms. The third kappa shape index (κ3) is 3.89. The molecule has 0 spiro atoms. The van der Waals surface area contributed by atoms with Gasteiger partial charge in [0.25, 0.3) is 17.5 Å². The molecular formula is C22H24N4O4. The highest BCUT2D eigenvalue weighted by Crippen LogP contribution is 2.31. The fraction of sp³-hybridized carbons (Fsp3) is 0.273. The van der Waals surface area contributed by atoms with Gasteiger partial charge in [-0.1, -0.05) is 12.1 Å². The number of carbonyl (C=O) groups is 2. The Morgan fingerprint density at radius 3 is 2.37 bits per heavy atom. The third-order valence-electron chi connectivity index (χ3n) is 5.25. The quantitative estimate of drug-likeness (QED) is 0.341. The summed E-state index contributed by atoms with van der Waals surface area (Å²) < 4.78 is 0. The van der Waals surface area contributed by atoms with Gasteiger partial charge < -0.3 is 4.90 Å². The van der Waals surface area contributed by atoms with Crippen LogP contribution in [0.5, 0.6) is 0 Å². The number of hydrogen-bond donors (Lipinski definition) is 1. The van der Waals surface area contributed by atoms with Crippen molar-refractivity contribution in [1.82, 2.24) is 5.43 Å². The molecule has 0 radical (unpaired) electrons. The van der Waals surface area contributed by atoms with E-state index in [1.54, 1.807) is 18.2 Å². The number of rotatable bonds is 6. The Morgan fingerprint density at radius 2 is 1.77 bits per heavy atom. The molecule has 1 saturated heterocycles. The summed E-state index contributed by atoms with van der Waals surface area (Å²) in [5.41, 5.74) is 5.97. The Balaban J connectivity index is 1.97. The van der Waals surface area contributed by atoms with E-state index in [4.69, 9.17) is 0 Å². The zero-order valence-corrected chi connectivity index (χ0v) is 17.4. The van der Waals surface area contributed by atoms with Crippen molar-refractivity contribution in [3.8, 4) is 0 Å². The summed E-state index contributed by atoms with van der Waals surface area (Å²) in [5.74, 6) is -1.05. The van der Waals surface area contributed by atoms with Crippen LogP contribution in [0.15, 0.2) is 42.0 Å². The van der Waals surface area contributed by atoms with Crippen LogP contribution in [-0.4, -0.2) is 29.8 Å². The van der Waals surface area contributed by atoms with E-state index in [0.29, 0.717) is 30.0 Å². The number of benzene rings is 2. The Kier molecular flexibility index (Phi) is 5.86. The van der Waals surface area contributed by atoms with Crippen molar-refractivity contribution in [2.75, 3.05) is 23.0 Å². The van der Waals surface area contributed by atoms with E-state index in [0.717, 1.165) is 11.1 Å². The zero-order valence-electron chi connectivity index (χ0n) is 17.4. The van der Waals surface area contributed by atoms with Crippen LogP contribution in [0.4, 0.5) is 17.1 Å². The van der Waals surface area contributed by atoms with Gasteiger partial charge in [-0.3, -0.25) is 25.1 Å². The molecule has 8 heteroatoms. The minimum Gasteiger partial charge on any atom is -0.367 e. The number of hydrogen-bond acceptors (Lipinski definition) is 5. The highest BCUT2D eigenvalue weighted by molar-refractivity contribution is 6.31. The largest absolute Gasteiger partial charge is 0.367 e. The highest BCUT2D eigenvalue weighted by atomic mass is 16.6. The number of nitrogens with one attached hydrogen (secondary N) is 1. The van der Waals surface area contributed by atoms with Crippen molar-refractivity contribution in [1.29, 1.82) is 0 Å². The second-order valence-corrected chi connectivity index (χ2v) is 7.09. The Morgan fingerprint density at radius 1 is 1.07 bits per heavy atom. The molecule has 8 nitrogen and oxygen atoms in total. The maximum absolute atomic E-state index is 12.8. The van der Waals surface area contributed by atoms with Gasteiger partial charge in [-0.2, -0.15) is 0 Å². The van der Waals surface area contributed by atoms with Crippen LogP contribution in [0.25, 0.3) is 6.08 Å². The normalized spacial score (nSPS) is 14.9. The summed E-state index contributed by atoms with van der Waals surface area (Å²) in [6.45, 7) is 8.99. The van der Waals surface area contributed by atoms with E-state index in [9.17, 15) is 19.7 Å². The number of aryl methyl sites for hydroxylation is 2. The minimum absolute atomic E-state index is 0.0649.